The van der Waals surface area contributed by atoms with E-state index >= 15 is 0 Å². The van der Waals surface area contributed by atoms with Gasteiger partial charge < -0.3 is 14.8 Å². The number of amides is 1. The largest absolute Gasteiger partial charge is 0.497 e. The SMILES string of the molecule is COc1ccc(OC)c(C(C)NC(=O)CN2CCN(Cc3ccccn3)CC2)c1. The summed E-state index contributed by atoms with van der Waals surface area (Å²) in [6, 6.07) is 11.4. The maximum Gasteiger partial charge on any atom is 0.234 e. The molecule has 29 heavy (non-hydrogen) atoms. The highest BCUT2D eigenvalue weighted by Crippen LogP contribution is 2.29. The van der Waals surface area contributed by atoms with Gasteiger partial charge in [0.15, 0.2) is 0 Å². The number of pyridine rings is 1. The van der Waals surface area contributed by atoms with E-state index in [9.17, 15) is 4.79 Å². The van der Waals surface area contributed by atoms with E-state index < -0.39 is 0 Å². The molecule has 1 N–H and O–H groups in total. The van der Waals surface area contributed by atoms with Crippen LogP contribution in [0.2, 0.25) is 0 Å². The third-order valence-corrected chi connectivity index (χ3v) is 5.22. The van der Waals surface area contributed by atoms with Crippen molar-refractivity contribution in [3.05, 3.63) is 53.9 Å². The number of carbonyl (C=O) groups excluding carboxylic acids is 1. The van der Waals surface area contributed by atoms with Crippen molar-refractivity contribution in [1.29, 1.82) is 0 Å². The van der Waals surface area contributed by atoms with Crippen LogP contribution < -0.4 is 14.8 Å². The number of carbonyl (C=O) groups is 1. The first kappa shape index (κ1) is 21.1. The van der Waals surface area contributed by atoms with Gasteiger partial charge in [0.25, 0.3) is 0 Å². The van der Waals surface area contributed by atoms with Crippen LogP contribution in [0.15, 0.2) is 42.6 Å². The normalized spacial score (nSPS) is 16.2. The number of nitrogens with zero attached hydrogens (tertiary/aromatic N) is 3. The van der Waals surface area contributed by atoms with E-state index in [1.807, 2.05) is 49.5 Å². The van der Waals surface area contributed by atoms with Crippen molar-refractivity contribution in [2.75, 3.05) is 46.9 Å². The van der Waals surface area contributed by atoms with E-state index in [1.54, 1.807) is 14.2 Å². The minimum Gasteiger partial charge on any atom is -0.497 e. The van der Waals surface area contributed by atoms with Crippen molar-refractivity contribution in [1.82, 2.24) is 20.1 Å². The van der Waals surface area contributed by atoms with Gasteiger partial charge in [-0.1, -0.05) is 6.07 Å². The summed E-state index contributed by atoms with van der Waals surface area (Å²) in [6.07, 6.45) is 1.83. The second-order valence-electron chi connectivity index (χ2n) is 7.27. The number of aromatic nitrogens is 1. The molecular formula is C22H30N4O3. The predicted octanol–water partition coefficient (Wildman–Crippen LogP) is 2.09. The molecule has 0 radical (unpaired) electrons. The molecule has 7 nitrogen and oxygen atoms in total. The zero-order chi connectivity index (χ0) is 20.6. The number of methoxy groups -OCH3 is 2. The van der Waals surface area contributed by atoms with Crippen LogP contribution in [0.3, 0.4) is 0 Å². The Kier molecular flexibility index (Phi) is 7.43. The van der Waals surface area contributed by atoms with Gasteiger partial charge in [0.05, 0.1) is 32.5 Å². The van der Waals surface area contributed by atoms with E-state index in [0.29, 0.717) is 6.54 Å². The molecule has 7 heteroatoms. The van der Waals surface area contributed by atoms with Crippen LogP contribution in [0.1, 0.15) is 24.2 Å². The lowest BCUT2D eigenvalue weighted by atomic mass is 10.1. The highest BCUT2D eigenvalue weighted by Gasteiger charge is 2.21. The summed E-state index contributed by atoms with van der Waals surface area (Å²) < 4.78 is 10.7. The summed E-state index contributed by atoms with van der Waals surface area (Å²) in [5.41, 5.74) is 1.99. The molecule has 1 aromatic carbocycles. The topological polar surface area (TPSA) is 66.9 Å². The lowest BCUT2D eigenvalue weighted by molar-refractivity contribution is -0.123. The van der Waals surface area contributed by atoms with Gasteiger partial charge in [0.2, 0.25) is 5.91 Å². The summed E-state index contributed by atoms with van der Waals surface area (Å²) >= 11 is 0. The maximum atomic E-state index is 12.6. The Morgan fingerprint density at radius 3 is 2.52 bits per heavy atom. The first-order valence-electron chi connectivity index (χ1n) is 9.95. The molecule has 2 aromatic rings. The van der Waals surface area contributed by atoms with Gasteiger partial charge in [0, 0.05) is 44.5 Å². The molecule has 1 aromatic heterocycles. The second kappa shape index (κ2) is 10.2. The third kappa shape index (κ3) is 5.92. The summed E-state index contributed by atoms with van der Waals surface area (Å²) in [7, 11) is 3.26. The summed E-state index contributed by atoms with van der Waals surface area (Å²) in [6.45, 7) is 6.82. The lowest BCUT2D eigenvalue weighted by Crippen LogP contribution is -2.49. The fraction of sp³-hybridized carbons (Fsp3) is 0.455. The molecule has 156 valence electrons. The number of hydrogen-bond acceptors (Lipinski definition) is 6. The van der Waals surface area contributed by atoms with Crippen molar-refractivity contribution in [3.8, 4) is 11.5 Å². The molecule has 1 aliphatic heterocycles. The molecule has 1 fully saturated rings. The molecule has 3 rings (SSSR count). The Hall–Kier alpha value is -2.64. The Morgan fingerprint density at radius 2 is 1.86 bits per heavy atom. The van der Waals surface area contributed by atoms with Crippen LogP contribution in [0.25, 0.3) is 0 Å². The highest BCUT2D eigenvalue weighted by atomic mass is 16.5. The molecule has 1 atom stereocenters. The van der Waals surface area contributed by atoms with Crippen molar-refractivity contribution >= 4 is 5.91 Å². The highest BCUT2D eigenvalue weighted by molar-refractivity contribution is 5.78. The molecular weight excluding hydrogens is 368 g/mol. The van der Waals surface area contributed by atoms with Crippen LogP contribution in [0, 0.1) is 0 Å². The average Bonchev–Trinajstić information content (AvgIpc) is 2.75. The van der Waals surface area contributed by atoms with E-state index in [2.05, 4.69) is 20.1 Å². The molecule has 1 amide bonds. The minimum atomic E-state index is -0.169. The minimum absolute atomic E-state index is 0.0144. The van der Waals surface area contributed by atoms with Gasteiger partial charge >= 0.3 is 0 Å². The summed E-state index contributed by atoms with van der Waals surface area (Å²) in [4.78, 5) is 21.5. The van der Waals surface area contributed by atoms with E-state index in [4.69, 9.17) is 9.47 Å². The molecule has 1 saturated heterocycles. The molecule has 0 saturated carbocycles. The molecule has 1 aliphatic rings. The Morgan fingerprint density at radius 1 is 1.10 bits per heavy atom. The fourth-order valence-electron chi connectivity index (χ4n) is 3.57. The standard InChI is InChI=1S/C22H30N4O3/c1-17(20-14-19(28-2)7-8-21(20)29-3)24-22(27)16-26-12-10-25(11-13-26)15-18-6-4-5-9-23-18/h4-9,14,17H,10-13,15-16H2,1-3H3,(H,24,27). The quantitative estimate of drug-likeness (QED) is 0.735. The number of ether oxygens (including phenoxy) is 2. The van der Waals surface area contributed by atoms with Crippen LogP contribution >= 0.6 is 0 Å². The van der Waals surface area contributed by atoms with Crippen LogP contribution in [0.4, 0.5) is 0 Å². The average molecular weight is 399 g/mol. The van der Waals surface area contributed by atoms with Crippen LogP contribution in [0.5, 0.6) is 11.5 Å². The molecule has 0 spiro atoms. The van der Waals surface area contributed by atoms with Crippen molar-refractivity contribution in [2.45, 2.75) is 19.5 Å². The smallest absolute Gasteiger partial charge is 0.234 e. The second-order valence-corrected chi connectivity index (χ2v) is 7.27. The van der Waals surface area contributed by atoms with Gasteiger partial charge in [-0.2, -0.15) is 0 Å². The van der Waals surface area contributed by atoms with Gasteiger partial charge in [-0.05, 0) is 37.3 Å². The van der Waals surface area contributed by atoms with Crippen molar-refractivity contribution in [2.24, 2.45) is 0 Å². The molecule has 0 bridgehead atoms. The Labute approximate surface area is 172 Å². The van der Waals surface area contributed by atoms with Crippen LogP contribution in [-0.4, -0.2) is 67.6 Å². The number of nitrogens with one attached hydrogen (secondary N) is 1. The lowest BCUT2D eigenvalue weighted by Gasteiger charge is -2.34. The first-order chi connectivity index (χ1) is 14.1. The van der Waals surface area contributed by atoms with Gasteiger partial charge in [-0.15, -0.1) is 0 Å². The zero-order valence-corrected chi connectivity index (χ0v) is 17.4. The number of rotatable bonds is 8. The van der Waals surface area contributed by atoms with Gasteiger partial charge in [-0.25, -0.2) is 0 Å². The van der Waals surface area contributed by atoms with E-state index in [1.165, 1.54) is 0 Å². The molecule has 2 heterocycles. The first-order valence-corrected chi connectivity index (χ1v) is 9.95. The maximum absolute atomic E-state index is 12.6. The molecule has 1 unspecified atom stereocenters. The van der Waals surface area contributed by atoms with Gasteiger partial charge in [0.1, 0.15) is 11.5 Å². The van der Waals surface area contributed by atoms with Gasteiger partial charge in [-0.3, -0.25) is 19.6 Å². The zero-order valence-electron chi connectivity index (χ0n) is 17.4. The number of benzene rings is 1. The third-order valence-electron chi connectivity index (χ3n) is 5.22. The Bertz CT molecular complexity index is 792. The number of piperazine rings is 1. The van der Waals surface area contributed by atoms with E-state index in [-0.39, 0.29) is 11.9 Å². The molecule has 0 aliphatic carbocycles. The van der Waals surface area contributed by atoms with Crippen molar-refractivity contribution in [3.63, 3.8) is 0 Å². The predicted molar refractivity (Wildman–Crippen MR) is 112 cm³/mol. The summed E-state index contributed by atoms with van der Waals surface area (Å²) in [5.74, 6) is 1.49. The van der Waals surface area contributed by atoms with E-state index in [0.717, 1.165) is 55.5 Å². The van der Waals surface area contributed by atoms with Crippen molar-refractivity contribution < 1.29 is 14.3 Å². The number of hydrogen-bond donors (Lipinski definition) is 1. The Balaban J connectivity index is 1.48. The fourth-order valence-corrected chi connectivity index (χ4v) is 3.57. The monoisotopic (exact) mass is 398 g/mol. The summed E-state index contributed by atoms with van der Waals surface area (Å²) in [5, 5.41) is 3.08. The van der Waals surface area contributed by atoms with Crippen LogP contribution in [-0.2, 0) is 11.3 Å².